The molecule has 4 atom stereocenters. The SMILES string of the molecule is CCOc1ccc([C@H]2[C@H]3C[NH+](C)CC=C3[C@@H](C#N)C(=N)C2(C#N)C#N)cc1OC. The van der Waals surface area contributed by atoms with Crippen molar-refractivity contribution in [3.05, 3.63) is 35.4 Å². The molecule has 7 heteroatoms. The highest BCUT2D eigenvalue weighted by molar-refractivity contribution is 6.00. The number of hydrogen-bond acceptors (Lipinski definition) is 6. The van der Waals surface area contributed by atoms with Gasteiger partial charge in [0.2, 0.25) is 0 Å². The average Bonchev–Trinajstić information content (AvgIpc) is 2.74. The van der Waals surface area contributed by atoms with Gasteiger partial charge < -0.3 is 19.8 Å². The molecule has 0 aromatic heterocycles. The van der Waals surface area contributed by atoms with Crippen LogP contribution in [0.1, 0.15) is 18.4 Å². The van der Waals surface area contributed by atoms with Gasteiger partial charge in [0.15, 0.2) is 16.9 Å². The molecule has 0 amide bonds. The smallest absolute Gasteiger partial charge is 0.189 e. The summed E-state index contributed by atoms with van der Waals surface area (Å²) in [6.45, 7) is 3.80. The van der Waals surface area contributed by atoms with Crippen LogP contribution in [0, 0.1) is 56.7 Å². The maximum absolute atomic E-state index is 10.1. The van der Waals surface area contributed by atoms with Gasteiger partial charge in [-0.15, -0.1) is 0 Å². The summed E-state index contributed by atoms with van der Waals surface area (Å²) in [5.41, 5.74) is -0.259. The third kappa shape index (κ3) is 3.12. The fourth-order valence-electron chi connectivity index (χ4n) is 4.58. The molecule has 29 heavy (non-hydrogen) atoms. The van der Waals surface area contributed by atoms with Crippen LogP contribution in [-0.2, 0) is 0 Å². The predicted octanol–water partition coefficient (Wildman–Crippen LogP) is 1.46. The van der Waals surface area contributed by atoms with Crippen molar-refractivity contribution in [2.75, 3.05) is 33.9 Å². The molecule has 1 aromatic carbocycles. The standard InChI is InChI=1S/C22H23N5O2/c1-4-29-18-6-5-14(9-19(18)28-3)20-17-11-27(2)8-7-15(17)16(10-23)21(26)22(20,12-24)13-25/h5-7,9,16-17,20,26H,4,8,11H2,1-3H3/p+1/t16-,17+,20+/m1/s1. The first-order valence-electron chi connectivity index (χ1n) is 9.60. The molecule has 1 saturated carbocycles. The van der Waals surface area contributed by atoms with Crippen molar-refractivity contribution in [1.29, 1.82) is 21.2 Å². The topological polar surface area (TPSA) is 118 Å². The van der Waals surface area contributed by atoms with E-state index in [0.717, 1.165) is 17.7 Å². The van der Waals surface area contributed by atoms with E-state index in [0.29, 0.717) is 24.7 Å². The highest BCUT2D eigenvalue weighted by atomic mass is 16.5. The summed E-state index contributed by atoms with van der Waals surface area (Å²) in [7, 11) is 3.59. The molecule has 1 aliphatic heterocycles. The zero-order valence-electron chi connectivity index (χ0n) is 16.8. The molecule has 148 valence electrons. The number of nitrogens with one attached hydrogen (secondary N) is 2. The quantitative estimate of drug-likeness (QED) is 0.755. The molecule has 1 aliphatic carbocycles. The van der Waals surface area contributed by atoms with Crippen molar-refractivity contribution in [2.24, 2.45) is 17.3 Å². The summed E-state index contributed by atoms with van der Waals surface area (Å²) in [5, 5.41) is 38.5. The fraction of sp³-hybridized carbons (Fsp3) is 0.455. The van der Waals surface area contributed by atoms with E-state index in [9.17, 15) is 15.8 Å². The van der Waals surface area contributed by atoms with Crippen LogP contribution in [0.15, 0.2) is 29.8 Å². The summed E-state index contributed by atoms with van der Waals surface area (Å²) in [5.74, 6) is -0.496. The number of fused-ring (bicyclic) bond motifs is 1. The average molecular weight is 390 g/mol. The number of hydrogen-bond donors (Lipinski definition) is 2. The Morgan fingerprint density at radius 3 is 2.55 bits per heavy atom. The van der Waals surface area contributed by atoms with E-state index in [1.54, 1.807) is 19.2 Å². The second-order valence-electron chi connectivity index (χ2n) is 7.50. The molecule has 1 fully saturated rings. The molecule has 1 heterocycles. The Balaban J connectivity index is 2.24. The normalized spacial score (nSPS) is 27.4. The monoisotopic (exact) mass is 390 g/mol. The van der Waals surface area contributed by atoms with Crippen LogP contribution >= 0.6 is 0 Å². The van der Waals surface area contributed by atoms with Gasteiger partial charge in [-0.2, -0.15) is 15.8 Å². The Kier molecular flexibility index (Phi) is 5.59. The van der Waals surface area contributed by atoms with Crippen molar-refractivity contribution in [3.8, 4) is 29.7 Å². The number of methoxy groups -OCH3 is 1. The molecule has 1 unspecified atom stereocenters. The highest BCUT2D eigenvalue weighted by Crippen LogP contribution is 2.53. The van der Waals surface area contributed by atoms with E-state index in [4.69, 9.17) is 14.9 Å². The zero-order chi connectivity index (χ0) is 21.2. The van der Waals surface area contributed by atoms with Crippen LogP contribution in [0.3, 0.4) is 0 Å². The summed E-state index contributed by atoms with van der Waals surface area (Å²) < 4.78 is 11.1. The van der Waals surface area contributed by atoms with Crippen molar-refractivity contribution in [1.82, 2.24) is 0 Å². The lowest BCUT2D eigenvalue weighted by Gasteiger charge is -2.46. The van der Waals surface area contributed by atoms with Crippen LogP contribution in [-0.4, -0.2) is 39.6 Å². The summed E-state index contributed by atoms with van der Waals surface area (Å²) >= 11 is 0. The Morgan fingerprint density at radius 1 is 1.24 bits per heavy atom. The number of quaternary nitrogens is 1. The number of nitrogens with zero attached hydrogens (tertiary/aromatic N) is 3. The third-order valence-corrected chi connectivity index (χ3v) is 5.93. The Morgan fingerprint density at radius 2 is 1.97 bits per heavy atom. The second kappa shape index (κ2) is 7.95. The lowest BCUT2D eigenvalue weighted by Crippen LogP contribution is -3.10. The molecular weight excluding hydrogens is 366 g/mol. The van der Waals surface area contributed by atoms with E-state index < -0.39 is 17.3 Å². The van der Waals surface area contributed by atoms with Gasteiger partial charge >= 0.3 is 0 Å². The molecule has 2 N–H and O–H groups in total. The first-order chi connectivity index (χ1) is 14.0. The number of rotatable bonds is 4. The van der Waals surface area contributed by atoms with E-state index in [1.807, 2.05) is 26.1 Å². The van der Waals surface area contributed by atoms with E-state index in [-0.39, 0.29) is 11.6 Å². The zero-order valence-corrected chi connectivity index (χ0v) is 16.8. The van der Waals surface area contributed by atoms with Gasteiger partial charge in [0, 0.05) is 11.8 Å². The molecule has 0 radical (unpaired) electrons. The van der Waals surface area contributed by atoms with Crippen molar-refractivity contribution < 1.29 is 14.4 Å². The van der Waals surface area contributed by atoms with Crippen molar-refractivity contribution in [2.45, 2.75) is 12.8 Å². The predicted molar refractivity (Wildman–Crippen MR) is 106 cm³/mol. The molecule has 0 spiro atoms. The summed E-state index contributed by atoms with van der Waals surface area (Å²) in [6.07, 6.45) is 2.00. The van der Waals surface area contributed by atoms with Gasteiger partial charge in [-0.05, 0) is 36.3 Å². The van der Waals surface area contributed by atoms with Crippen molar-refractivity contribution in [3.63, 3.8) is 0 Å². The lowest BCUT2D eigenvalue weighted by atomic mass is 9.54. The maximum atomic E-state index is 10.1. The number of benzene rings is 1. The van der Waals surface area contributed by atoms with Crippen molar-refractivity contribution >= 4 is 5.71 Å². The molecule has 2 aliphatic rings. The van der Waals surface area contributed by atoms with Crippen LogP contribution in [0.25, 0.3) is 0 Å². The van der Waals surface area contributed by atoms with Gasteiger partial charge in [0.1, 0.15) is 5.92 Å². The first-order valence-corrected chi connectivity index (χ1v) is 9.60. The summed E-state index contributed by atoms with van der Waals surface area (Å²) in [4.78, 5) is 1.23. The van der Waals surface area contributed by atoms with Crippen LogP contribution in [0.4, 0.5) is 0 Å². The molecule has 3 rings (SSSR count). The molecule has 0 bridgehead atoms. The first kappa shape index (κ1) is 20.4. The molecule has 0 saturated heterocycles. The van der Waals surface area contributed by atoms with Crippen LogP contribution in [0.5, 0.6) is 11.5 Å². The van der Waals surface area contributed by atoms with Gasteiger partial charge in [-0.25, -0.2) is 0 Å². The van der Waals surface area contributed by atoms with Crippen LogP contribution in [0.2, 0.25) is 0 Å². The maximum Gasteiger partial charge on any atom is 0.189 e. The fourth-order valence-corrected chi connectivity index (χ4v) is 4.58. The van der Waals surface area contributed by atoms with E-state index in [1.165, 1.54) is 4.90 Å². The van der Waals surface area contributed by atoms with Gasteiger partial charge in [-0.3, -0.25) is 0 Å². The van der Waals surface area contributed by atoms with E-state index in [2.05, 4.69) is 18.2 Å². The largest absolute Gasteiger partial charge is 0.493 e. The molecule has 1 aromatic rings. The Labute approximate surface area is 170 Å². The minimum Gasteiger partial charge on any atom is -0.493 e. The molecular formula is C22H24N5O2+. The number of ether oxygens (including phenoxy) is 2. The van der Waals surface area contributed by atoms with Gasteiger partial charge in [0.25, 0.3) is 0 Å². The van der Waals surface area contributed by atoms with Gasteiger partial charge in [-0.1, -0.05) is 6.07 Å². The molecule has 7 nitrogen and oxygen atoms in total. The Bertz CT molecular complexity index is 964. The van der Waals surface area contributed by atoms with E-state index >= 15 is 0 Å². The third-order valence-electron chi connectivity index (χ3n) is 5.93. The minimum atomic E-state index is -1.71. The number of likely N-dealkylation sites (N-methyl/N-ethyl adjacent to an activating group) is 1. The number of nitriles is 3. The van der Waals surface area contributed by atoms with Gasteiger partial charge in [0.05, 0.1) is 57.8 Å². The summed E-state index contributed by atoms with van der Waals surface area (Å²) in [6, 6.07) is 11.8. The second-order valence-corrected chi connectivity index (χ2v) is 7.50. The highest BCUT2D eigenvalue weighted by Gasteiger charge is 2.58. The minimum absolute atomic E-state index is 0.134. The van der Waals surface area contributed by atoms with Crippen LogP contribution < -0.4 is 14.4 Å². The Hall–Kier alpha value is -3.34. The lowest BCUT2D eigenvalue weighted by molar-refractivity contribution is -0.878.